The monoisotopic (exact) mass is 402 g/mol. The highest BCUT2D eigenvalue weighted by Gasteiger charge is 2.20. The van der Waals surface area contributed by atoms with Gasteiger partial charge in [0.2, 0.25) is 11.7 Å². The Morgan fingerprint density at radius 3 is 2.32 bits per heavy atom. The summed E-state index contributed by atoms with van der Waals surface area (Å²) < 4.78 is 18.6. The highest BCUT2D eigenvalue weighted by molar-refractivity contribution is 5.85. The van der Waals surface area contributed by atoms with Crippen LogP contribution in [0.5, 0.6) is 0 Å². The quantitative estimate of drug-likeness (QED) is 0.685. The largest absolute Gasteiger partial charge is 0.372 e. The molecule has 1 saturated heterocycles. The molecule has 0 radical (unpaired) electrons. The van der Waals surface area contributed by atoms with Crippen molar-refractivity contribution >= 4 is 18.1 Å². The average molecular weight is 403 g/mol. The SMILES string of the molecule is Cl.NCC(c1ccc(F)cc1)c1nc(-c2ccc(N3CCCCC3)cc2)no1. The zero-order valence-corrected chi connectivity index (χ0v) is 16.4. The van der Waals surface area contributed by atoms with Crippen LogP contribution in [0.15, 0.2) is 53.1 Å². The number of hydrogen-bond acceptors (Lipinski definition) is 5. The molecule has 0 saturated carbocycles. The molecule has 1 fully saturated rings. The van der Waals surface area contributed by atoms with E-state index in [0.717, 1.165) is 24.2 Å². The minimum Gasteiger partial charge on any atom is -0.372 e. The number of aromatic nitrogens is 2. The van der Waals surface area contributed by atoms with Gasteiger partial charge in [-0.25, -0.2) is 4.39 Å². The Kier molecular flexibility index (Phi) is 6.65. The molecule has 2 heterocycles. The molecule has 0 aliphatic carbocycles. The molecule has 2 aromatic carbocycles. The lowest BCUT2D eigenvalue weighted by Gasteiger charge is -2.28. The molecular formula is C21H24ClFN4O. The first-order valence-electron chi connectivity index (χ1n) is 9.39. The highest BCUT2D eigenvalue weighted by Crippen LogP contribution is 2.27. The average Bonchev–Trinajstić information content (AvgIpc) is 3.21. The van der Waals surface area contributed by atoms with E-state index in [1.165, 1.54) is 37.1 Å². The second-order valence-electron chi connectivity index (χ2n) is 6.89. The van der Waals surface area contributed by atoms with Gasteiger partial charge >= 0.3 is 0 Å². The highest BCUT2D eigenvalue weighted by atomic mass is 35.5. The predicted octanol–water partition coefficient (Wildman–Crippen LogP) is 4.38. The normalized spacial score (nSPS) is 15.1. The summed E-state index contributed by atoms with van der Waals surface area (Å²) in [5.74, 6) is 0.448. The molecule has 0 spiro atoms. The van der Waals surface area contributed by atoms with Crippen molar-refractivity contribution < 1.29 is 8.91 Å². The van der Waals surface area contributed by atoms with Gasteiger partial charge in [-0.2, -0.15) is 4.98 Å². The van der Waals surface area contributed by atoms with Crippen molar-refractivity contribution in [1.29, 1.82) is 0 Å². The fourth-order valence-corrected chi connectivity index (χ4v) is 3.54. The minimum absolute atomic E-state index is 0. The Hall–Kier alpha value is -2.44. The molecule has 1 aliphatic heterocycles. The molecule has 5 nitrogen and oxygen atoms in total. The molecule has 4 rings (SSSR count). The van der Waals surface area contributed by atoms with Gasteiger partial charge in [0.15, 0.2) is 0 Å². The number of piperidine rings is 1. The fraction of sp³-hybridized carbons (Fsp3) is 0.333. The third-order valence-electron chi connectivity index (χ3n) is 5.09. The van der Waals surface area contributed by atoms with Crippen LogP contribution in [0.4, 0.5) is 10.1 Å². The van der Waals surface area contributed by atoms with Gasteiger partial charge in [-0.05, 0) is 61.2 Å². The Balaban J connectivity index is 0.00000225. The summed E-state index contributed by atoms with van der Waals surface area (Å²) in [5.41, 5.74) is 8.89. The summed E-state index contributed by atoms with van der Waals surface area (Å²) in [6.07, 6.45) is 3.82. The van der Waals surface area contributed by atoms with E-state index in [9.17, 15) is 4.39 Å². The van der Waals surface area contributed by atoms with E-state index in [2.05, 4.69) is 27.2 Å². The molecular weight excluding hydrogens is 379 g/mol. The smallest absolute Gasteiger partial charge is 0.235 e. The molecule has 2 N–H and O–H groups in total. The Morgan fingerprint density at radius 2 is 1.68 bits per heavy atom. The Labute approximate surface area is 170 Å². The van der Waals surface area contributed by atoms with Gasteiger partial charge in [0, 0.05) is 30.9 Å². The number of nitrogens with zero attached hydrogens (tertiary/aromatic N) is 3. The van der Waals surface area contributed by atoms with Crippen molar-refractivity contribution in [2.24, 2.45) is 5.73 Å². The molecule has 0 bridgehead atoms. The molecule has 1 atom stereocenters. The van der Waals surface area contributed by atoms with Crippen molar-refractivity contribution in [3.05, 3.63) is 65.8 Å². The zero-order valence-electron chi connectivity index (χ0n) is 15.6. The molecule has 28 heavy (non-hydrogen) atoms. The van der Waals surface area contributed by atoms with E-state index in [1.54, 1.807) is 12.1 Å². The van der Waals surface area contributed by atoms with E-state index >= 15 is 0 Å². The minimum atomic E-state index is -0.283. The van der Waals surface area contributed by atoms with E-state index in [0.29, 0.717) is 18.3 Å². The number of anilines is 1. The van der Waals surface area contributed by atoms with Gasteiger partial charge < -0.3 is 15.2 Å². The van der Waals surface area contributed by atoms with Gasteiger partial charge in [0.25, 0.3) is 0 Å². The maximum Gasteiger partial charge on any atom is 0.235 e. The summed E-state index contributed by atoms with van der Waals surface area (Å²) in [6, 6.07) is 14.5. The number of nitrogens with two attached hydrogens (primary N) is 1. The third kappa shape index (κ3) is 4.34. The first-order chi connectivity index (χ1) is 13.2. The van der Waals surface area contributed by atoms with Crippen LogP contribution in [-0.4, -0.2) is 29.8 Å². The lowest BCUT2D eigenvalue weighted by atomic mass is 9.99. The first kappa shape index (κ1) is 20.3. The van der Waals surface area contributed by atoms with Gasteiger partial charge in [-0.15, -0.1) is 12.4 Å². The molecule has 1 aliphatic rings. The number of hydrogen-bond donors (Lipinski definition) is 1. The van der Waals surface area contributed by atoms with Crippen molar-refractivity contribution in [2.75, 3.05) is 24.5 Å². The van der Waals surface area contributed by atoms with Gasteiger partial charge in [0.05, 0.1) is 5.92 Å². The van der Waals surface area contributed by atoms with E-state index in [-0.39, 0.29) is 24.1 Å². The maximum atomic E-state index is 13.2. The maximum absolute atomic E-state index is 13.2. The number of benzene rings is 2. The van der Waals surface area contributed by atoms with Crippen molar-refractivity contribution in [3.8, 4) is 11.4 Å². The molecule has 1 aromatic heterocycles. The summed E-state index contributed by atoms with van der Waals surface area (Å²) in [6.45, 7) is 2.53. The van der Waals surface area contributed by atoms with E-state index in [4.69, 9.17) is 10.3 Å². The molecule has 0 amide bonds. The fourth-order valence-electron chi connectivity index (χ4n) is 3.54. The van der Waals surface area contributed by atoms with Gasteiger partial charge in [0.1, 0.15) is 5.82 Å². The van der Waals surface area contributed by atoms with Crippen LogP contribution >= 0.6 is 12.4 Å². The summed E-state index contributed by atoms with van der Waals surface area (Å²) >= 11 is 0. The van der Waals surface area contributed by atoms with E-state index < -0.39 is 0 Å². The van der Waals surface area contributed by atoms with Crippen molar-refractivity contribution in [2.45, 2.75) is 25.2 Å². The van der Waals surface area contributed by atoms with Crippen LogP contribution in [0, 0.1) is 5.82 Å². The second-order valence-corrected chi connectivity index (χ2v) is 6.89. The Morgan fingerprint density at radius 1 is 1.00 bits per heavy atom. The number of halogens is 2. The number of rotatable bonds is 5. The van der Waals surface area contributed by atoms with Crippen molar-refractivity contribution in [1.82, 2.24) is 10.1 Å². The molecule has 3 aromatic rings. The van der Waals surface area contributed by atoms with E-state index in [1.807, 2.05) is 12.1 Å². The predicted molar refractivity (Wildman–Crippen MR) is 110 cm³/mol. The van der Waals surface area contributed by atoms with Crippen LogP contribution in [0.25, 0.3) is 11.4 Å². The molecule has 1 unspecified atom stereocenters. The lowest BCUT2D eigenvalue weighted by molar-refractivity contribution is 0.367. The molecule has 7 heteroatoms. The van der Waals surface area contributed by atoms with Gasteiger partial charge in [-0.3, -0.25) is 0 Å². The van der Waals surface area contributed by atoms with Crippen LogP contribution in [0.1, 0.15) is 36.6 Å². The Bertz CT molecular complexity index is 876. The summed E-state index contributed by atoms with van der Waals surface area (Å²) in [7, 11) is 0. The van der Waals surface area contributed by atoms with Gasteiger partial charge in [-0.1, -0.05) is 17.3 Å². The third-order valence-corrected chi connectivity index (χ3v) is 5.09. The van der Waals surface area contributed by atoms with Crippen LogP contribution in [-0.2, 0) is 0 Å². The topological polar surface area (TPSA) is 68.2 Å². The zero-order chi connectivity index (χ0) is 18.6. The first-order valence-corrected chi connectivity index (χ1v) is 9.39. The van der Waals surface area contributed by atoms with Crippen molar-refractivity contribution in [3.63, 3.8) is 0 Å². The molecule has 148 valence electrons. The second kappa shape index (κ2) is 9.17. The lowest BCUT2D eigenvalue weighted by Crippen LogP contribution is -2.29. The van der Waals surface area contributed by atoms with Crippen LogP contribution < -0.4 is 10.6 Å². The standard InChI is InChI=1S/C21H23FN4O.ClH/c22-17-8-4-15(5-9-17)19(14-23)21-24-20(25-27-21)16-6-10-18(11-7-16)26-12-2-1-3-13-26;/h4-11,19H,1-3,12-14,23H2;1H. The van der Waals surface area contributed by atoms with Crippen LogP contribution in [0.3, 0.4) is 0 Å². The summed E-state index contributed by atoms with van der Waals surface area (Å²) in [5, 5.41) is 4.11. The van der Waals surface area contributed by atoms with Crippen LogP contribution in [0.2, 0.25) is 0 Å². The summed E-state index contributed by atoms with van der Waals surface area (Å²) in [4.78, 5) is 6.94.